The second kappa shape index (κ2) is 8.00. The molecule has 0 unspecified atom stereocenters. The molecule has 0 bridgehead atoms. The van der Waals surface area contributed by atoms with Crippen molar-refractivity contribution < 1.29 is 42.2 Å². The maximum absolute atomic E-state index is 5.88. The van der Waals surface area contributed by atoms with E-state index < -0.39 is 0 Å². The Morgan fingerprint density at radius 1 is 1.45 bits per heavy atom. The van der Waals surface area contributed by atoms with Gasteiger partial charge in [-0.15, -0.1) is 7.05 Å². The van der Waals surface area contributed by atoms with Gasteiger partial charge in [0.2, 0.25) is 0 Å². The molecule has 1 aliphatic carbocycles. The quantitative estimate of drug-likeness (QED) is 0.735. The van der Waals surface area contributed by atoms with E-state index in [9.17, 15) is 0 Å². The third-order valence-corrected chi connectivity index (χ3v) is 4.59. The zero-order valence-electron chi connectivity index (χ0n) is 12.7. The van der Waals surface area contributed by atoms with Gasteiger partial charge in [0.1, 0.15) is 6.10 Å². The van der Waals surface area contributed by atoms with Crippen LogP contribution in [0.2, 0.25) is 0 Å². The van der Waals surface area contributed by atoms with Gasteiger partial charge in [-0.3, -0.25) is 0 Å². The van der Waals surface area contributed by atoms with Crippen molar-refractivity contribution in [1.82, 2.24) is 9.97 Å². The smallest absolute Gasteiger partial charge is 0.317 e. The van der Waals surface area contributed by atoms with Crippen LogP contribution in [-0.4, -0.2) is 36.3 Å². The molecule has 0 N–H and O–H groups in total. The first-order valence-corrected chi connectivity index (χ1v) is 7.66. The number of rotatable bonds is 4. The van der Waals surface area contributed by atoms with Gasteiger partial charge >= 0.3 is 6.01 Å². The molecule has 7 heteroatoms. The molecule has 2 heterocycles. The SMILES string of the molecule is C[N-]/C=C(\[S-])c1ccnc(OC2CC3(CCOCC3)C2)n1.[Y]. The molecule has 0 atom stereocenters. The van der Waals surface area contributed by atoms with Crippen LogP contribution in [0.3, 0.4) is 0 Å². The molecule has 1 aromatic rings. The van der Waals surface area contributed by atoms with Crippen LogP contribution in [0.1, 0.15) is 31.4 Å². The van der Waals surface area contributed by atoms with Gasteiger partial charge in [-0.25, -0.2) is 4.98 Å². The van der Waals surface area contributed by atoms with Crippen molar-refractivity contribution >= 4 is 17.5 Å². The van der Waals surface area contributed by atoms with Crippen molar-refractivity contribution in [3.8, 4) is 6.01 Å². The van der Waals surface area contributed by atoms with Gasteiger partial charge in [0, 0.05) is 57.8 Å². The summed E-state index contributed by atoms with van der Waals surface area (Å²) in [6.45, 7) is 1.76. The van der Waals surface area contributed by atoms with Crippen LogP contribution in [-0.2, 0) is 50.1 Å². The Hall–Kier alpha value is -0.296. The van der Waals surface area contributed by atoms with Crippen LogP contribution in [0.4, 0.5) is 0 Å². The molecule has 1 spiro atoms. The van der Waals surface area contributed by atoms with Gasteiger partial charge in [-0.05, 0) is 37.2 Å². The summed E-state index contributed by atoms with van der Waals surface area (Å²) in [5, 5.41) is 3.91. The molecule has 1 radical (unpaired) electrons. The predicted octanol–water partition coefficient (Wildman–Crippen LogP) is 2.66. The topological polar surface area (TPSA) is 58.3 Å². The first-order valence-electron chi connectivity index (χ1n) is 7.25. The number of ether oxygens (including phenoxy) is 2. The van der Waals surface area contributed by atoms with Crippen LogP contribution in [0.5, 0.6) is 6.01 Å². The molecule has 3 rings (SSSR count). The summed E-state index contributed by atoms with van der Waals surface area (Å²) in [6, 6.07) is 2.18. The first kappa shape index (κ1) is 18.0. The molecule has 5 nitrogen and oxygen atoms in total. The zero-order valence-corrected chi connectivity index (χ0v) is 16.4. The fraction of sp³-hybridized carbons (Fsp3) is 0.600. The largest absolute Gasteiger partial charge is 0.779 e. The van der Waals surface area contributed by atoms with Crippen molar-refractivity contribution in [3.63, 3.8) is 0 Å². The molecular weight excluding hydrogens is 375 g/mol. The van der Waals surface area contributed by atoms with Crippen LogP contribution in [0, 0.1) is 5.41 Å². The van der Waals surface area contributed by atoms with Gasteiger partial charge in [0.05, 0.1) is 0 Å². The Morgan fingerprint density at radius 3 is 2.86 bits per heavy atom. The first-order chi connectivity index (χ1) is 10.2. The molecule has 1 aliphatic heterocycles. The van der Waals surface area contributed by atoms with Crippen molar-refractivity contribution in [2.75, 3.05) is 20.3 Å². The Labute approximate surface area is 161 Å². The Morgan fingerprint density at radius 2 is 2.18 bits per heavy atom. The molecule has 0 amide bonds. The van der Waals surface area contributed by atoms with Crippen LogP contribution in [0.25, 0.3) is 10.2 Å². The molecule has 117 valence electrons. The van der Waals surface area contributed by atoms with Crippen molar-refractivity contribution in [1.29, 1.82) is 0 Å². The summed E-state index contributed by atoms with van der Waals surface area (Å²) < 4.78 is 11.3. The average Bonchev–Trinajstić information content (AvgIpc) is 2.47. The molecule has 0 aromatic carbocycles. The summed E-state index contributed by atoms with van der Waals surface area (Å²) in [5.74, 6) is 0. The Bertz CT molecular complexity index is 527. The molecule has 1 saturated carbocycles. The van der Waals surface area contributed by atoms with E-state index in [2.05, 4.69) is 15.3 Å². The van der Waals surface area contributed by atoms with Gasteiger partial charge < -0.3 is 27.4 Å². The van der Waals surface area contributed by atoms with E-state index in [-0.39, 0.29) is 38.8 Å². The zero-order chi connectivity index (χ0) is 14.7. The standard InChI is InChI=1S/C15H20N3O2S.Y/c1-16-10-13(21)12-2-5-17-14(18-12)20-11-8-15(9-11)3-6-19-7-4-15;/h2,5,10-11H,3-4,6-9H2,1H3,(H-,16,17,18,21);/q-1;/p-1. The minimum Gasteiger partial charge on any atom is -0.779 e. The summed E-state index contributed by atoms with van der Waals surface area (Å²) in [6.07, 6.45) is 7.94. The van der Waals surface area contributed by atoms with E-state index in [0.717, 1.165) is 38.9 Å². The molecular formula is C15H19N3O2SY-2. The summed E-state index contributed by atoms with van der Waals surface area (Å²) in [5.41, 5.74) is 1.12. The van der Waals surface area contributed by atoms with Crippen molar-refractivity contribution in [3.05, 3.63) is 29.5 Å². The van der Waals surface area contributed by atoms with E-state index in [1.807, 2.05) is 0 Å². The molecule has 22 heavy (non-hydrogen) atoms. The van der Waals surface area contributed by atoms with Gasteiger partial charge in [0.15, 0.2) is 0 Å². The monoisotopic (exact) mass is 394 g/mol. The Kier molecular flexibility index (Phi) is 6.56. The van der Waals surface area contributed by atoms with Crippen molar-refractivity contribution in [2.24, 2.45) is 5.41 Å². The van der Waals surface area contributed by atoms with E-state index in [1.54, 1.807) is 25.5 Å². The fourth-order valence-corrected chi connectivity index (χ4v) is 3.29. The Balaban J connectivity index is 0.00000176. The molecule has 2 fully saturated rings. The number of aromatic nitrogens is 2. The minimum atomic E-state index is 0. The van der Waals surface area contributed by atoms with Gasteiger partial charge in [0.25, 0.3) is 0 Å². The van der Waals surface area contributed by atoms with E-state index in [1.165, 1.54) is 0 Å². The summed E-state index contributed by atoms with van der Waals surface area (Å²) in [7, 11) is 1.69. The minimum absolute atomic E-state index is 0. The van der Waals surface area contributed by atoms with Crippen LogP contribution < -0.4 is 4.74 Å². The number of nitrogens with zero attached hydrogens (tertiary/aromatic N) is 3. The maximum atomic E-state index is 5.88. The second-order valence-corrected chi connectivity index (χ2v) is 6.18. The van der Waals surface area contributed by atoms with Gasteiger partial charge in [-0.2, -0.15) is 16.1 Å². The van der Waals surface area contributed by atoms with E-state index in [4.69, 9.17) is 22.1 Å². The van der Waals surface area contributed by atoms with Crippen LogP contribution >= 0.6 is 0 Å². The van der Waals surface area contributed by atoms with E-state index in [0.29, 0.717) is 22.0 Å². The maximum Gasteiger partial charge on any atom is 0.317 e. The third kappa shape index (κ3) is 4.16. The number of hydrogen-bond acceptors (Lipinski definition) is 5. The van der Waals surface area contributed by atoms with Gasteiger partial charge in [-0.1, -0.05) is 0 Å². The molecule has 2 aliphatic rings. The van der Waals surface area contributed by atoms with E-state index >= 15 is 0 Å². The number of hydrogen-bond donors (Lipinski definition) is 0. The third-order valence-electron chi connectivity index (χ3n) is 4.28. The molecule has 1 aromatic heterocycles. The second-order valence-electron chi connectivity index (χ2n) is 5.74. The molecule has 1 saturated heterocycles. The van der Waals surface area contributed by atoms with Crippen molar-refractivity contribution in [2.45, 2.75) is 31.8 Å². The normalized spacial score (nSPS) is 20.9. The fourth-order valence-electron chi connectivity index (χ4n) is 3.07. The predicted molar refractivity (Wildman–Crippen MR) is 82.8 cm³/mol. The average molecular weight is 394 g/mol. The summed E-state index contributed by atoms with van der Waals surface area (Å²) >= 11 is 5.22. The van der Waals surface area contributed by atoms with Crippen LogP contribution in [0.15, 0.2) is 18.5 Å². The summed E-state index contributed by atoms with van der Waals surface area (Å²) in [4.78, 5) is 9.13.